The highest BCUT2D eigenvalue weighted by Crippen LogP contribution is 2.37. The van der Waals surface area contributed by atoms with Crippen LogP contribution in [-0.4, -0.2) is 51.1 Å². The van der Waals surface area contributed by atoms with Crippen molar-refractivity contribution < 1.29 is 19.4 Å². The van der Waals surface area contributed by atoms with Gasteiger partial charge in [0.05, 0.1) is 35.2 Å². The molecule has 0 saturated carbocycles. The maximum atomic E-state index is 12.5. The highest BCUT2D eigenvalue weighted by Gasteiger charge is 2.17. The van der Waals surface area contributed by atoms with E-state index in [1.807, 2.05) is 12.1 Å². The van der Waals surface area contributed by atoms with Gasteiger partial charge < -0.3 is 25.8 Å². The summed E-state index contributed by atoms with van der Waals surface area (Å²) in [5.74, 6) is 0.364. The Morgan fingerprint density at radius 1 is 0.886 bits per heavy atom. The standard InChI is InChI=1S/C24H21N7O4/c1-25-23(32)16-13-29-20(31-19-8-7-14(12-28-19)24(33)34)11-18(16)30-17-6-3-5-15(21(17)35-2)22-26-9-4-10-27-22/h3-13H,1-2H3,(H,25,32)(H,33,34)(H2,28,29,30,31). The fourth-order valence-electron chi connectivity index (χ4n) is 3.28. The Morgan fingerprint density at radius 2 is 1.66 bits per heavy atom. The highest BCUT2D eigenvalue weighted by atomic mass is 16.5. The molecule has 176 valence electrons. The van der Waals surface area contributed by atoms with Crippen molar-refractivity contribution in [1.29, 1.82) is 0 Å². The van der Waals surface area contributed by atoms with Crippen LogP contribution in [-0.2, 0) is 0 Å². The summed E-state index contributed by atoms with van der Waals surface area (Å²) in [7, 11) is 3.07. The minimum atomic E-state index is -1.07. The van der Waals surface area contributed by atoms with Crippen LogP contribution < -0.4 is 20.7 Å². The number of amides is 1. The number of aromatic nitrogens is 4. The number of carboxylic acids is 1. The monoisotopic (exact) mass is 471 g/mol. The zero-order valence-electron chi connectivity index (χ0n) is 18.8. The normalized spacial score (nSPS) is 10.3. The number of para-hydroxylation sites is 1. The van der Waals surface area contributed by atoms with Crippen molar-refractivity contribution in [1.82, 2.24) is 25.3 Å². The van der Waals surface area contributed by atoms with E-state index in [1.54, 1.807) is 37.7 Å². The van der Waals surface area contributed by atoms with Gasteiger partial charge in [-0.15, -0.1) is 0 Å². The average molecular weight is 471 g/mol. The number of benzene rings is 1. The lowest BCUT2D eigenvalue weighted by molar-refractivity contribution is 0.0696. The third-order valence-electron chi connectivity index (χ3n) is 4.94. The van der Waals surface area contributed by atoms with E-state index in [0.717, 1.165) is 0 Å². The summed E-state index contributed by atoms with van der Waals surface area (Å²) in [6, 6.07) is 11.8. The van der Waals surface area contributed by atoms with E-state index >= 15 is 0 Å². The molecule has 35 heavy (non-hydrogen) atoms. The van der Waals surface area contributed by atoms with Crippen LogP contribution in [0, 0.1) is 0 Å². The van der Waals surface area contributed by atoms with Gasteiger partial charge in [0.15, 0.2) is 11.6 Å². The third-order valence-corrected chi connectivity index (χ3v) is 4.94. The molecule has 4 rings (SSSR count). The first-order chi connectivity index (χ1) is 17.0. The second-order valence-electron chi connectivity index (χ2n) is 7.14. The van der Waals surface area contributed by atoms with E-state index in [4.69, 9.17) is 9.84 Å². The number of ether oxygens (including phenoxy) is 1. The molecular weight excluding hydrogens is 450 g/mol. The molecular formula is C24H21N7O4. The number of nitrogens with one attached hydrogen (secondary N) is 3. The molecule has 0 atom stereocenters. The molecule has 4 N–H and O–H groups in total. The van der Waals surface area contributed by atoms with Crippen molar-refractivity contribution in [3.63, 3.8) is 0 Å². The van der Waals surface area contributed by atoms with E-state index < -0.39 is 5.97 Å². The Morgan fingerprint density at radius 3 is 2.31 bits per heavy atom. The lowest BCUT2D eigenvalue weighted by Crippen LogP contribution is -2.19. The molecule has 0 spiro atoms. The molecule has 0 unspecified atom stereocenters. The molecule has 11 heteroatoms. The van der Waals surface area contributed by atoms with Crippen molar-refractivity contribution in [3.8, 4) is 17.1 Å². The molecule has 0 bridgehead atoms. The largest absolute Gasteiger partial charge is 0.494 e. The quantitative estimate of drug-likeness (QED) is 0.300. The van der Waals surface area contributed by atoms with Crippen LogP contribution in [0.2, 0.25) is 0 Å². The fourth-order valence-corrected chi connectivity index (χ4v) is 3.28. The van der Waals surface area contributed by atoms with Gasteiger partial charge in [-0.25, -0.2) is 24.7 Å². The molecule has 3 aromatic heterocycles. The minimum absolute atomic E-state index is 0.0650. The SMILES string of the molecule is CNC(=O)c1cnc(Nc2ccc(C(=O)O)cn2)cc1Nc1cccc(-c2ncccn2)c1OC. The maximum absolute atomic E-state index is 12.5. The Balaban J connectivity index is 1.70. The second kappa shape index (κ2) is 10.3. The van der Waals surface area contributed by atoms with Crippen molar-refractivity contribution in [2.24, 2.45) is 0 Å². The molecule has 0 aliphatic heterocycles. The summed E-state index contributed by atoms with van der Waals surface area (Å²) in [5, 5.41) is 17.9. The molecule has 0 fully saturated rings. The lowest BCUT2D eigenvalue weighted by Gasteiger charge is -2.17. The van der Waals surface area contributed by atoms with Crippen LogP contribution in [0.3, 0.4) is 0 Å². The van der Waals surface area contributed by atoms with Crippen LogP contribution in [0.1, 0.15) is 20.7 Å². The van der Waals surface area contributed by atoms with E-state index in [0.29, 0.717) is 45.7 Å². The first kappa shape index (κ1) is 23.1. The van der Waals surface area contributed by atoms with Crippen LogP contribution in [0.4, 0.5) is 23.0 Å². The van der Waals surface area contributed by atoms with Gasteiger partial charge in [-0.2, -0.15) is 0 Å². The lowest BCUT2D eigenvalue weighted by atomic mass is 10.1. The van der Waals surface area contributed by atoms with Gasteiger partial charge in [-0.05, 0) is 30.3 Å². The van der Waals surface area contributed by atoms with Gasteiger partial charge in [0.1, 0.15) is 11.6 Å². The number of carboxylic acid groups (broad SMARTS) is 1. The summed E-state index contributed by atoms with van der Waals surface area (Å²) >= 11 is 0. The Labute approximate surface area is 200 Å². The zero-order chi connectivity index (χ0) is 24.8. The van der Waals surface area contributed by atoms with Gasteiger partial charge in [0, 0.05) is 37.9 Å². The molecule has 0 saturated heterocycles. The summed E-state index contributed by atoms with van der Waals surface area (Å²) < 4.78 is 5.65. The van der Waals surface area contributed by atoms with E-state index in [1.165, 1.54) is 31.6 Å². The molecule has 1 amide bonds. The maximum Gasteiger partial charge on any atom is 0.337 e. The number of rotatable bonds is 8. The summed E-state index contributed by atoms with van der Waals surface area (Å²) in [6.45, 7) is 0. The number of carbonyl (C=O) groups excluding carboxylic acids is 1. The zero-order valence-corrected chi connectivity index (χ0v) is 18.8. The second-order valence-corrected chi connectivity index (χ2v) is 7.14. The van der Waals surface area contributed by atoms with Crippen LogP contribution in [0.5, 0.6) is 5.75 Å². The number of carbonyl (C=O) groups is 2. The van der Waals surface area contributed by atoms with E-state index in [2.05, 4.69) is 35.9 Å². The van der Waals surface area contributed by atoms with Gasteiger partial charge in [-0.3, -0.25) is 4.79 Å². The van der Waals surface area contributed by atoms with E-state index in [9.17, 15) is 9.59 Å². The number of hydrogen-bond acceptors (Lipinski definition) is 9. The first-order valence-electron chi connectivity index (χ1n) is 10.4. The van der Waals surface area contributed by atoms with Crippen LogP contribution in [0.15, 0.2) is 67.3 Å². The van der Waals surface area contributed by atoms with Crippen molar-refractivity contribution in [2.45, 2.75) is 0 Å². The van der Waals surface area contributed by atoms with Gasteiger partial charge in [0.2, 0.25) is 0 Å². The van der Waals surface area contributed by atoms with Crippen molar-refractivity contribution >= 4 is 34.9 Å². The van der Waals surface area contributed by atoms with Gasteiger partial charge in [-0.1, -0.05) is 6.07 Å². The van der Waals surface area contributed by atoms with Gasteiger partial charge in [0.25, 0.3) is 5.91 Å². The molecule has 0 aliphatic rings. The summed E-state index contributed by atoms with van der Waals surface area (Å²) in [4.78, 5) is 40.5. The first-order valence-corrected chi connectivity index (χ1v) is 10.4. The molecule has 0 radical (unpaired) electrons. The third kappa shape index (κ3) is 5.14. The number of hydrogen-bond donors (Lipinski definition) is 4. The van der Waals surface area contributed by atoms with Crippen LogP contribution >= 0.6 is 0 Å². The molecule has 4 aromatic rings. The number of anilines is 4. The van der Waals surface area contributed by atoms with E-state index in [-0.39, 0.29) is 11.5 Å². The summed E-state index contributed by atoms with van der Waals surface area (Å²) in [6.07, 6.45) is 5.95. The predicted molar refractivity (Wildman–Crippen MR) is 129 cm³/mol. The molecule has 1 aromatic carbocycles. The fraction of sp³-hybridized carbons (Fsp3) is 0.0833. The molecule has 0 aliphatic carbocycles. The van der Waals surface area contributed by atoms with Crippen LogP contribution in [0.25, 0.3) is 11.4 Å². The number of pyridine rings is 2. The van der Waals surface area contributed by atoms with Crippen molar-refractivity contribution in [2.75, 3.05) is 24.8 Å². The van der Waals surface area contributed by atoms with Crippen molar-refractivity contribution in [3.05, 3.63) is 78.4 Å². The number of nitrogens with zero attached hydrogens (tertiary/aromatic N) is 4. The average Bonchev–Trinajstić information content (AvgIpc) is 2.89. The topological polar surface area (TPSA) is 151 Å². The van der Waals surface area contributed by atoms with Gasteiger partial charge >= 0.3 is 5.97 Å². The Bertz CT molecular complexity index is 1360. The minimum Gasteiger partial charge on any atom is -0.494 e. The Hall–Kier alpha value is -5.06. The number of aromatic carboxylic acids is 1. The predicted octanol–water partition coefficient (Wildman–Crippen LogP) is 3.49. The Kier molecular flexibility index (Phi) is 6.77. The number of methoxy groups -OCH3 is 1. The molecule has 11 nitrogen and oxygen atoms in total. The molecule has 3 heterocycles. The summed E-state index contributed by atoms with van der Waals surface area (Å²) in [5.41, 5.74) is 2.08. The smallest absolute Gasteiger partial charge is 0.337 e. The highest BCUT2D eigenvalue weighted by molar-refractivity contribution is 6.00.